The molecule has 0 radical (unpaired) electrons. The zero-order valence-corrected chi connectivity index (χ0v) is 21.1. The van der Waals surface area contributed by atoms with E-state index >= 15 is 0 Å². The number of halogens is 1. The zero-order chi connectivity index (χ0) is 25.6. The van der Waals surface area contributed by atoms with E-state index in [0.717, 1.165) is 63.5 Å². The second-order valence-corrected chi connectivity index (χ2v) is 9.64. The summed E-state index contributed by atoms with van der Waals surface area (Å²) >= 11 is 0. The van der Waals surface area contributed by atoms with Gasteiger partial charge < -0.3 is 25.6 Å². The van der Waals surface area contributed by atoms with Crippen LogP contribution in [0.25, 0.3) is 0 Å². The van der Waals surface area contributed by atoms with Crippen LogP contribution < -0.4 is 20.9 Å². The van der Waals surface area contributed by atoms with Crippen LogP contribution in [0.3, 0.4) is 0 Å². The minimum Gasteiger partial charge on any atom is -0.381 e. The highest BCUT2D eigenvalue weighted by Gasteiger charge is 2.16. The van der Waals surface area contributed by atoms with E-state index in [9.17, 15) is 9.18 Å². The molecule has 2 saturated heterocycles. The Hall–Kier alpha value is -3.72. The van der Waals surface area contributed by atoms with E-state index in [1.807, 2.05) is 18.2 Å². The highest BCUT2D eigenvalue weighted by atomic mass is 19.1. The summed E-state index contributed by atoms with van der Waals surface area (Å²) in [4.78, 5) is 24.1. The van der Waals surface area contributed by atoms with Crippen LogP contribution in [0.5, 0.6) is 0 Å². The molecule has 0 bridgehead atoms. The monoisotopic (exact) mass is 504 g/mol. The summed E-state index contributed by atoms with van der Waals surface area (Å²) in [5.74, 6) is 0.188. The highest BCUT2D eigenvalue weighted by Crippen LogP contribution is 2.27. The number of pyridine rings is 2. The van der Waals surface area contributed by atoms with Crippen LogP contribution in [0, 0.1) is 12.7 Å². The lowest BCUT2D eigenvalue weighted by molar-refractivity contribution is 0.0904. The van der Waals surface area contributed by atoms with Gasteiger partial charge in [-0.2, -0.15) is 0 Å². The Balaban J connectivity index is 1.25. The fourth-order valence-corrected chi connectivity index (χ4v) is 4.78. The normalized spacial score (nSPS) is 16.3. The molecular formula is C28H33FN6O2. The molecule has 0 atom stereocenters. The molecule has 0 aliphatic carbocycles. The molecule has 194 valence electrons. The van der Waals surface area contributed by atoms with Crippen molar-refractivity contribution in [2.45, 2.75) is 45.1 Å². The van der Waals surface area contributed by atoms with Crippen molar-refractivity contribution in [2.75, 3.05) is 47.2 Å². The lowest BCUT2D eigenvalue weighted by Crippen LogP contribution is -2.29. The molecule has 2 fully saturated rings. The molecule has 2 aromatic heterocycles. The molecule has 1 aromatic carbocycles. The van der Waals surface area contributed by atoms with Gasteiger partial charge >= 0.3 is 0 Å². The van der Waals surface area contributed by atoms with E-state index in [2.05, 4.69) is 30.8 Å². The number of carbonyl (C=O) groups is 1. The van der Waals surface area contributed by atoms with Crippen molar-refractivity contribution in [2.24, 2.45) is 0 Å². The van der Waals surface area contributed by atoms with Crippen LogP contribution in [0.4, 0.5) is 33.0 Å². The number of aromatic nitrogens is 2. The third-order valence-electron chi connectivity index (χ3n) is 6.82. The molecule has 4 heterocycles. The lowest BCUT2D eigenvalue weighted by Gasteiger charge is -2.29. The first-order valence-corrected chi connectivity index (χ1v) is 12.9. The first-order chi connectivity index (χ1) is 18.0. The summed E-state index contributed by atoms with van der Waals surface area (Å²) < 4.78 is 19.8. The maximum absolute atomic E-state index is 14.4. The van der Waals surface area contributed by atoms with Crippen molar-refractivity contribution >= 4 is 34.5 Å². The number of piperidine rings is 1. The molecule has 3 aromatic rings. The van der Waals surface area contributed by atoms with Gasteiger partial charge in [-0.1, -0.05) is 0 Å². The van der Waals surface area contributed by atoms with Gasteiger partial charge in [-0.3, -0.25) is 9.78 Å². The number of hydrogen-bond donors (Lipinski definition) is 3. The maximum atomic E-state index is 14.4. The number of ether oxygens (including phenoxy) is 1. The van der Waals surface area contributed by atoms with Gasteiger partial charge in [0.15, 0.2) is 0 Å². The zero-order valence-electron chi connectivity index (χ0n) is 21.1. The quantitative estimate of drug-likeness (QED) is 0.391. The number of anilines is 5. The average molecular weight is 505 g/mol. The van der Waals surface area contributed by atoms with Gasteiger partial charge in [-0.25, -0.2) is 9.37 Å². The van der Waals surface area contributed by atoms with E-state index in [1.165, 1.54) is 12.5 Å². The number of benzene rings is 1. The van der Waals surface area contributed by atoms with E-state index in [1.54, 1.807) is 31.5 Å². The van der Waals surface area contributed by atoms with E-state index in [-0.39, 0.29) is 11.7 Å². The largest absolute Gasteiger partial charge is 0.381 e. The summed E-state index contributed by atoms with van der Waals surface area (Å²) in [5, 5.41) is 9.53. The van der Waals surface area contributed by atoms with Crippen LogP contribution in [0.15, 0.2) is 48.8 Å². The first kappa shape index (κ1) is 25.0. The van der Waals surface area contributed by atoms with Crippen molar-refractivity contribution in [1.29, 1.82) is 0 Å². The standard InChI is InChI=1S/C28H33FN6O2/c1-19-26(28(36)34-22-5-6-27(31-17-22)33-21-7-11-37-12-8-21)16-24(18-30-19)32-23-13-20(29)14-25(15-23)35-9-3-2-4-10-35/h5-6,13-18,21,32H,2-4,7-12H2,1H3,(H,31,33)(H,34,36). The fraction of sp³-hybridized carbons (Fsp3) is 0.393. The van der Waals surface area contributed by atoms with Crippen molar-refractivity contribution < 1.29 is 13.9 Å². The number of amides is 1. The molecule has 5 rings (SSSR count). The first-order valence-electron chi connectivity index (χ1n) is 12.9. The Labute approximate surface area is 216 Å². The predicted molar refractivity (Wildman–Crippen MR) is 144 cm³/mol. The Bertz CT molecular complexity index is 1220. The van der Waals surface area contributed by atoms with Crippen LogP contribution in [0.2, 0.25) is 0 Å². The average Bonchev–Trinajstić information content (AvgIpc) is 2.91. The van der Waals surface area contributed by atoms with Crippen molar-refractivity contribution in [3.8, 4) is 0 Å². The van der Waals surface area contributed by atoms with Crippen LogP contribution >= 0.6 is 0 Å². The lowest BCUT2D eigenvalue weighted by atomic mass is 10.1. The molecular weight excluding hydrogens is 471 g/mol. The van der Waals surface area contributed by atoms with Crippen molar-refractivity contribution in [3.63, 3.8) is 0 Å². The predicted octanol–water partition coefficient (Wildman–Crippen LogP) is 5.50. The summed E-state index contributed by atoms with van der Waals surface area (Å²) in [6.45, 7) is 5.16. The molecule has 1 amide bonds. The number of nitrogens with one attached hydrogen (secondary N) is 3. The Morgan fingerprint density at radius 3 is 2.51 bits per heavy atom. The molecule has 0 spiro atoms. The van der Waals surface area contributed by atoms with E-state index in [4.69, 9.17) is 4.74 Å². The van der Waals surface area contributed by atoms with Crippen molar-refractivity contribution in [3.05, 3.63) is 65.9 Å². The van der Waals surface area contributed by atoms with Gasteiger partial charge in [-0.15, -0.1) is 0 Å². The Kier molecular flexibility index (Phi) is 7.79. The molecule has 0 saturated carbocycles. The van der Waals surface area contributed by atoms with Crippen LogP contribution in [-0.2, 0) is 4.74 Å². The topological polar surface area (TPSA) is 91.4 Å². The molecule has 0 unspecified atom stereocenters. The summed E-state index contributed by atoms with van der Waals surface area (Å²) in [5.41, 5.74) is 3.72. The van der Waals surface area contributed by atoms with E-state index in [0.29, 0.717) is 34.4 Å². The number of hydrogen-bond acceptors (Lipinski definition) is 7. The second-order valence-electron chi connectivity index (χ2n) is 9.64. The van der Waals surface area contributed by atoms with Crippen LogP contribution in [-0.4, -0.2) is 48.2 Å². The molecule has 9 heteroatoms. The molecule has 2 aliphatic rings. The number of nitrogens with zero attached hydrogens (tertiary/aromatic N) is 3. The van der Waals surface area contributed by atoms with E-state index < -0.39 is 0 Å². The summed E-state index contributed by atoms with van der Waals surface area (Å²) in [6.07, 6.45) is 8.63. The number of rotatable bonds is 7. The maximum Gasteiger partial charge on any atom is 0.257 e. The molecule has 37 heavy (non-hydrogen) atoms. The smallest absolute Gasteiger partial charge is 0.257 e. The third-order valence-corrected chi connectivity index (χ3v) is 6.82. The van der Waals surface area contributed by atoms with Gasteiger partial charge in [-0.05, 0) is 75.4 Å². The molecule has 2 aliphatic heterocycles. The molecule has 3 N–H and O–H groups in total. The summed E-state index contributed by atoms with van der Waals surface area (Å²) in [6, 6.07) is 10.7. The minimum absolute atomic E-state index is 0.283. The van der Waals surface area contributed by atoms with Crippen LogP contribution in [0.1, 0.15) is 48.2 Å². The highest BCUT2D eigenvalue weighted by molar-refractivity contribution is 6.05. The Morgan fingerprint density at radius 2 is 1.76 bits per heavy atom. The molecule has 8 nitrogen and oxygen atoms in total. The summed E-state index contributed by atoms with van der Waals surface area (Å²) in [7, 11) is 0. The third kappa shape index (κ3) is 6.54. The van der Waals surface area contributed by atoms with Crippen molar-refractivity contribution in [1.82, 2.24) is 9.97 Å². The van der Waals surface area contributed by atoms with Gasteiger partial charge in [0, 0.05) is 43.7 Å². The number of aryl methyl sites for hydroxylation is 1. The van der Waals surface area contributed by atoms with Gasteiger partial charge in [0.05, 0.1) is 35.0 Å². The minimum atomic E-state index is -0.300. The SMILES string of the molecule is Cc1ncc(Nc2cc(F)cc(N3CCCCC3)c2)cc1C(=O)Nc1ccc(NC2CCOCC2)nc1. The second kappa shape index (κ2) is 11.6. The van der Waals surface area contributed by atoms with Gasteiger partial charge in [0.2, 0.25) is 0 Å². The fourth-order valence-electron chi connectivity index (χ4n) is 4.78. The van der Waals surface area contributed by atoms with Gasteiger partial charge in [0.1, 0.15) is 11.6 Å². The number of carbonyl (C=O) groups excluding carboxylic acids is 1. The Morgan fingerprint density at radius 1 is 0.973 bits per heavy atom. The van der Waals surface area contributed by atoms with Gasteiger partial charge in [0.25, 0.3) is 5.91 Å².